The highest BCUT2D eigenvalue weighted by atomic mass is 32.1. The summed E-state index contributed by atoms with van der Waals surface area (Å²) in [5.41, 5.74) is 1.13. The summed E-state index contributed by atoms with van der Waals surface area (Å²) >= 11 is 1.54. The minimum Gasteiger partial charge on any atom is -0.391 e. The van der Waals surface area contributed by atoms with Gasteiger partial charge in [-0.1, -0.05) is 42.5 Å². The molecule has 3 rings (SSSR count). The third-order valence-corrected chi connectivity index (χ3v) is 3.74. The quantitative estimate of drug-likeness (QED) is 0.745. The third kappa shape index (κ3) is 1.84. The van der Waals surface area contributed by atoms with Gasteiger partial charge in [0.25, 0.3) is 0 Å². The molecule has 17 heavy (non-hydrogen) atoms. The Morgan fingerprint density at radius 2 is 1.88 bits per heavy atom. The van der Waals surface area contributed by atoms with Gasteiger partial charge in [-0.3, -0.25) is 0 Å². The van der Waals surface area contributed by atoms with Crippen molar-refractivity contribution in [2.24, 2.45) is 0 Å². The zero-order chi connectivity index (χ0) is 11.7. The number of aliphatic hydroxyl groups excluding tert-OH is 1. The summed E-state index contributed by atoms with van der Waals surface area (Å²) in [7, 11) is 0. The first-order valence-electron chi connectivity index (χ1n) is 5.42. The van der Waals surface area contributed by atoms with Crippen LogP contribution < -0.4 is 0 Å². The topological polar surface area (TPSA) is 33.1 Å². The van der Waals surface area contributed by atoms with E-state index in [9.17, 15) is 0 Å². The van der Waals surface area contributed by atoms with Crippen molar-refractivity contribution >= 4 is 22.1 Å². The Hall–Kier alpha value is -1.71. The van der Waals surface area contributed by atoms with Crippen molar-refractivity contribution < 1.29 is 5.11 Å². The van der Waals surface area contributed by atoms with Crippen LogP contribution in [-0.4, -0.2) is 10.1 Å². The Morgan fingerprint density at radius 1 is 1.06 bits per heavy atom. The van der Waals surface area contributed by atoms with Gasteiger partial charge in [0.15, 0.2) is 0 Å². The summed E-state index contributed by atoms with van der Waals surface area (Å²) in [6.07, 6.45) is 1.74. The van der Waals surface area contributed by atoms with Crippen LogP contribution in [0.15, 0.2) is 48.7 Å². The first kappa shape index (κ1) is 10.4. The molecule has 0 fully saturated rings. The third-order valence-electron chi connectivity index (χ3n) is 2.73. The van der Waals surface area contributed by atoms with Crippen LogP contribution in [0, 0.1) is 0 Å². The number of aliphatic hydroxyl groups is 1. The Morgan fingerprint density at radius 3 is 2.71 bits per heavy atom. The molecule has 3 heteroatoms. The first-order chi connectivity index (χ1) is 8.38. The van der Waals surface area contributed by atoms with Gasteiger partial charge in [-0.15, -0.1) is 11.3 Å². The average Bonchev–Trinajstić information content (AvgIpc) is 2.87. The van der Waals surface area contributed by atoms with E-state index in [1.807, 2.05) is 18.2 Å². The van der Waals surface area contributed by atoms with Crippen LogP contribution in [-0.2, 0) is 6.61 Å². The molecule has 0 saturated carbocycles. The number of aromatic nitrogens is 1. The average molecular weight is 241 g/mol. The Labute approximate surface area is 103 Å². The van der Waals surface area contributed by atoms with Crippen molar-refractivity contribution in [2.75, 3.05) is 0 Å². The van der Waals surface area contributed by atoms with Crippen molar-refractivity contribution in [3.05, 3.63) is 53.5 Å². The summed E-state index contributed by atoms with van der Waals surface area (Å²) in [6.45, 7) is 0.0580. The van der Waals surface area contributed by atoms with E-state index in [0.717, 1.165) is 15.4 Å². The van der Waals surface area contributed by atoms with Gasteiger partial charge in [-0.25, -0.2) is 4.98 Å². The maximum atomic E-state index is 9.08. The van der Waals surface area contributed by atoms with Gasteiger partial charge in [-0.2, -0.15) is 0 Å². The largest absolute Gasteiger partial charge is 0.391 e. The molecule has 0 amide bonds. The smallest absolute Gasteiger partial charge is 0.124 e. The van der Waals surface area contributed by atoms with Gasteiger partial charge in [0.05, 0.1) is 11.5 Å². The highest BCUT2D eigenvalue weighted by Gasteiger charge is 2.07. The SMILES string of the molecule is OCc1cnc(-c2cccc3ccccc23)s1. The summed E-state index contributed by atoms with van der Waals surface area (Å²) < 4.78 is 0. The van der Waals surface area contributed by atoms with Crippen LogP contribution in [0.4, 0.5) is 0 Å². The molecular weight excluding hydrogens is 230 g/mol. The molecule has 1 heterocycles. The van der Waals surface area contributed by atoms with E-state index in [4.69, 9.17) is 5.11 Å². The summed E-state index contributed by atoms with van der Waals surface area (Å²) in [5.74, 6) is 0. The van der Waals surface area contributed by atoms with Crippen molar-refractivity contribution in [3.63, 3.8) is 0 Å². The number of fused-ring (bicyclic) bond motifs is 1. The van der Waals surface area contributed by atoms with Crippen LogP contribution in [0.25, 0.3) is 21.3 Å². The Bertz CT molecular complexity index is 655. The van der Waals surface area contributed by atoms with Crippen molar-refractivity contribution in [1.29, 1.82) is 0 Å². The summed E-state index contributed by atoms with van der Waals surface area (Å²) in [5, 5.41) is 12.5. The standard InChI is InChI=1S/C14H11NOS/c16-9-11-8-15-14(17-11)13-7-3-5-10-4-1-2-6-12(10)13/h1-8,16H,9H2. The van der Waals surface area contributed by atoms with Crippen LogP contribution >= 0.6 is 11.3 Å². The van der Waals surface area contributed by atoms with E-state index < -0.39 is 0 Å². The lowest BCUT2D eigenvalue weighted by molar-refractivity contribution is 0.285. The molecule has 0 bridgehead atoms. The fourth-order valence-corrected chi connectivity index (χ4v) is 2.73. The van der Waals surface area contributed by atoms with Crippen molar-refractivity contribution in [2.45, 2.75) is 6.61 Å². The molecule has 0 spiro atoms. The number of hydrogen-bond acceptors (Lipinski definition) is 3. The van der Waals surface area contributed by atoms with Gasteiger partial charge in [0.1, 0.15) is 5.01 Å². The Kier molecular flexibility index (Phi) is 2.63. The maximum Gasteiger partial charge on any atom is 0.124 e. The van der Waals surface area contributed by atoms with Gasteiger partial charge in [0, 0.05) is 11.8 Å². The molecule has 0 unspecified atom stereocenters. The second kappa shape index (κ2) is 4.28. The molecule has 0 aliphatic rings. The second-order valence-electron chi connectivity index (χ2n) is 3.82. The second-order valence-corrected chi connectivity index (χ2v) is 4.93. The molecule has 2 aromatic carbocycles. The zero-order valence-corrected chi connectivity index (χ0v) is 9.95. The maximum absolute atomic E-state index is 9.08. The van der Waals surface area contributed by atoms with E-state index in [-0.39, 0.29) is 6.61 Å². The predicted octanol–water partition coefficient (Wildman–Crippen LogP) is 3.46. The molecular formula is C14H11NOS. The van der Waals surface area contributed by atoms with Crippen LogP contribution in [0.3, 0.4) is 0 Å². The molecule has 1 aromatic heterocycles. The Balaban J connectivity index is 2.23. The molecule has 3 aromatic rings. The van der Waals surface area contributed by atoms with Gasteiger partial charge >= 0.3 is 0 Å². The van der Waals surface area contributed by atoms with E-state index in [2.05, 4.69) is 29.2 Å². The van der Waals surface area contributed by atoms with E-state index in [1.165, 1.54) is 22.1 Å². The van der Waals surface area contributed by atoms with Gasteiger partial charge in [-0.05, 0) is 10.8 Å². The highest BCUT2D eigenvalue weighted by Crippen LogP contribution is 2.31. The molecule has 84 valence electrons. The fourth-order valence-electron chi connectivity index (χ4n) is 1.92. The molecule has 0 aliphatic heterocycles. The molecule has 1 N–H and O–H groups in total. The minimum atomic E-state index is 0.0580. The van der Waals surface area contributed by atoms with E-state index in [0.29, 0.717) is 0 Å². The van der Waals surface area contributed by atoms with Gasteiger partial charge in [0.2, 0.25) is 0 Å². The molecule has 0 radical (unpaired) electrons. The van der Waals surface area contributed by atoms with Crippen LogP contribution in [0.5, 0.6) is 0 Å². The number of benzene rings is 2. The lowest BCUT2D eigenvalue weighted by atomic mass is 10.1. The van der Waals surface area contributed by atoms with Crippen LogP contribution in [0.1, 0.15) is 4.88 Å². The number of hydrogen-bond donors (Lipinski definition) is 1. The van der Waals surface area contributed by atoms with Crippen molar-refractivity contribution in [1.82, 2.24) is 4.98 Å². The zero-order valence-electron chi connectivity index (χ0n) is 9.13. The molecule has 2 nitrogen and oxygen atoms in total. The summed E-state index contributed by atoms with van der Waals surface area (Å²) in [6, 6.07) is 14.5. The highest BCUT2D eigenvalue weighted by molar-refractivity contribution is 7.15. The van der Waals surface area contributed by atoms with Crippen molar-refractivity contribution in [3.8, 4) is 10.6 Å². The molecule has 0 saturated heterocycles. The number of nitrogens with zero attached hydrogens (tertiary/aromatic N) is 1. The fraction of sp³-hybridized carbons (Fsp3) is 0.0714. The summed E-state index contributed by atoms with van der Waals surface area (Å²) in [4.78, 5) is 5.26. The number of rotatable bonds is 2. The normalized spacial score (nSPS) is 10.9. The van der Waals surface area contributed by atoms with Gasteiger partial charge < -0.3 is 5.11 Å². The lowest BCUT2D eigenvalue weighted by Gasteiger charge is -2.02. The number of thiazole rings is 1. The molecule has 0 aliphatic carbocycles. The lowest BCUT2D eigenvalue weighted by Crippen LogP contribution is -1.79. The first-order valence-corrected chi connectivity index (χ1v) is 6.24. The predicted molar refractivity (Wildman–Crippen MR) is 71.0 cm³/mol. The van der Waals surface area contributed by atoms with E-state index >= 15 is 0 Å². The minimum absolute atomic E-state index is 0.0580. The molecule has 0 atom stereocenters. The van der Waals surface area contributed by atoms with Crippen LogP contribution in [0.2, 0.25) is 0 Å². The van der Waals surface area contributed by atoms with E-state index in [1.54, 1.807) is 6.20 Å². The monoisotopic (exact) mass is 241 g/mol.